The Morgan fingerprint density at radius 2 is 1.92 bits per heavy atom. The van der Waals surface area contributed by atoms with Gasteiger partial charge in [-0.1, -0.05) is 49.7 Å². The average Bonchev–Trinajstić information content (AvgIpc) is 2.75. The van der Waals surface area contributed by atoms with Gasteiger partial charge in [-0.05, 0) is 28.8 Å². The number of nitrogens with zero attached hydrogens (tertiary/aromatic N) is 2. The Morgan fingerprint density at radius 1 is 1.25 bits per heavy atom. The second-order valence-electron chi connectivity index (χ2n) is 9.62. The fourth-order valence-electron chi connectivity index (χ4n) is 4.47. The first-order chi connectivity index (χ1) is 16.7. The highest BCUT2D eigenvalue weighted by atomic mass is 35.5. The topological polar surface area (TPSA) is 82.4 Å². The third kappa shape index (κ3) is 7.30. The van der Waals surface area contributed by atoms with E-state index in [-0.39, 0.29) is 25.6 Å². The van der Waals surface area contributed by atoms with Crippen LogP contribution in [0.25, 0.3) is 0 Å². The van der Waals surface area contributed by atoms with Crippen LogP contribution in [0.4, 0.5) is 8.78 Å². The normalized spacial score (nSPS) is 18.6. The highest BCUT2D eigenvalue weighted by molar-refractivity contribution is 7.88. The molecule has 3 rings (SSSR count). The molecule has 2 aromatic rings. The molecular formula is C25H29Cl2F2N3O3S. The predicted octanol–water partition coefficient (Wildman–Crippen LogP) is 4.91. The first-order valence-corrected chi connectivity index (χ1v) is 14.1. The van der Waals surface area contributed by atoms with Crippen molar-refractivity contribution in [3.63, 3.8) is 0 Å². The predicted molar refractivity (Wildman–Crippen MR) is 138 cm³/mol. The molecule has 1 unspecified atom stereocenters. The van der Waals surface area contributed by atoms with Crippen molar-refractivity contribution in [3.05, 3.63) is 63.7 Å². The summed E-state index contributed by atoms with van der Waals surface area (Å²) in [5, 5.41) is 9.92. The Kier molecular flexibility index (Phi) is 8.90. The van der Waals surface area contributed by atoms with E-state index in [0.29, 0.717) is 16.3 Å². The lowest BCUT2D eigenvalue weighted by Gasteiger charge is -2.37. The van der Waals surface area contributed by atoms with Crippen LogP contribution in [-0.2, 0) is 22.0 Å². The van der Waals surface area contributed by atoms with Gasteiger partial charge in [0.25, 0.3) is 5.92 Å². The average molecular weight is 560 g/mol. The molecular weight excluding hydrogens is 531 g/mol. The maximum absolute atomic E-state index is 14.3. The minimum absolute atomic E-state index is 0.198. The molecule has 1 aliphatic heterocycles. The van der Waals surface area contributed by atoms with Crippen molar-refractivity contribution in [2.24, 2.45) is 0 Å². The second-order valence-corrected chi connectivity index (χ2v) is 12.2. The molecule has 1 saturated heterocycles. The van der Waals surface area contributed by atoms with Gasteiger partial charge in [-0.25, -0.2) is 21.9 Å². The summed E-state index contributed by atoms with van der Waals surface area (Å²) in [5.74, 6) is -2.42. The van der Waals surface area contributed by atoms with Crippen LogP contribution in [0, 0.1) is 11.3 Å². The Bertz CT molecular complexity index is 1230. The number of ether oxygens (including phenoxy) is 1. The van der Waals surface area contributed by atoms with Gasteiger partial charge in [0, 0.05) is 31.0 Å². The van der Waals surface area contributed by atoms with Gasteiger partial charge in [0.05, 0.1) is 29.3 Å². The minimum Gasteiger partial charge on any atom is -0.489 e. The van der Waals surface area contributed by atoms with Crippen molar-refractivity contribution >= 4 is 33.2 Å². The lowest BCUT2D eigenvalue weighted by molar-refractivity contribution is -0.0745. The van der Waals surface area contributed by atoms with Gasteiger partial charge in [-0.3, -0.25) is 4.90 Å². The number of alkyl halides is 3. The van der Waals surface area contributed by atoms with E-state index in [1.807, 2.05) is 38.1 Å². The quantitative estimate of drug-likeness (QED) is 0.441. The Hall–Kier alpha value is -1.96. The van der Waals surface area contributed by atoms with E-state index in [9.17, 15) is 22.5 Å². The van der Waals surface area contributed by atoms with Crippen LogP contribution in [0.1, 0.15) is 42.5 Å². The van der Waals surface area contributed by atoms with Crippen LogP contribution in [-0.4, -0.2) is 57.1 Å². The van der Waals surface area contributed by atoms with E-state index in [1.165, 1.54) is 0 Å². The van der Waals surface area contributed by atoms with Crippen molar-refractivity contribution in [2.45, 2.75) is 44.2 Å². The largest absolute Gasteiger partial charge is 0.489 e. The number of benzene rings is 2. The molecule has 1 N–H and O–H groups in total. The van der Waals surface area contributed by atoms with Crippen LogP contribution in [0.3, 0.4) is 0 Å². The summed E-state index contributed by atoms with van der Waals surface area (Å²) in [4.78, 5) is 1.56. The number of nitrogens with one attached hydrogen (secondary N) is 1. The van der Waals surface area contributed by atoms with E-state index in [2.05, 4.69) is 10.8 Å². The van der Waals surface area contributed by atoms with E-state index in [0.717, 1.165) is 22.9 Å². The molecule has 0 amide bonds. The van der Waals surface area contributed by atoms with Crippen molar-refractivity contribution in [1.82, 2.24) is 9.62 Å². The van der Waals surface area contributed by atoms with Gasteiger partial charge in [-0.2, -0.15) is 5.26 Å². The standard InChI is InChI=1S/C25H29Cl2F2N3O3S/c1-24(2,20-10-18(13-30)23(22(27)11-20)35-9-8-26)19-6-4-17(5-7-19)14-32-15-21(31-36(3,33)34)12-25(28,29)16-32/h4-7,10-11,21,31H,8-9,12,14-16H2,1-3H3. The van der Waals surface area contributed by atoms with Crippen molar-refractivity contribution in [2.75, 3.05) is 31.8 Å². The molecule has 196 valence electrons. The molecule has 0 radical (unpaired) electrons. The number of halogens is 4. The summed E-state index contributed by atoms with van der Waals surface area (Å²) in [6.45, 7) is 4.25. The van der Waals surface area contributed by atoms with Crippen molar-refractivity contribution < 1.29 is 21.9 Å². The molecule has 0 aromatic heterocycles. The second kappa shape index (κ2) is 11.2. The van der Waals surface area contributed by atoms with Crippen LogP contribution in [0.5, 0.6) is 5.75 Å². The van der Waals surface area contributed by atoms with E-state index in [1.54, 1.807) is 17.0 Å². The maximum Gasteiger partial charge on any atom is 0.262 e. The summed E-state index contributed by atoms with van der Waals surface area (Å²) < 4.78 is 59.4. The van der Waals surface area contributed by atoms with Gasteiger partial charge in [-0.15, -0.1) is 11.6 Å². The molecule has 0 aliphatic carbocycles. The van der Waals surface area contributed by atoms with Crippen LogP contribution < -0.4 is 9.46 Å². The molecule has 6 nitrogen and oxygen atoms in total. The Labute approximate surface area is 221 Å². The van der Waals surface area contributed by atoms with Crippen LogP contribution >= 0.6 is 23.2 Å². The van der Waals surface area contributed by atoms with Crippen LogP contribution in [0.2, 0.25) is 5.02 Å². The zero-order valence-electron chi connectivity index (χ0n) is 20.3. The number of rotatable bonds is 9. The Balaban J connectivity index is 1.79. The molecule has 1 atom stereocenters. The minimum atomic E-state index is -3.59. The molecule has 0 spiro atoms. The lowest BCUT2D eigenvalue weighted by Crippen LogP contribution is -2.54. The van der Waals surface area contributed by atoms with Gasteiger partial charge >= 0.3 is 0 Å². The Morgan fingerprint density at radius 3 is 2.50 bits per heavy atom. The highest BCUT2D eigenvalue weighted by Gasteiger charge is 2.41. The smallest absolute Gasteiger partial charge is 0.262 e. The number of piperidine rings is 1. The lowest BCUT2D eigenvalue weighted by atomic mass is 9.77. The van der Waals surface area contributed by atoms with E-state index < -0.39 is 40.4 Å². The third-order valence-electron chi connectivity index (χ3n) is 6.15. The zero-order valence-corrected chi connectivity index (χ0v) is 22.7. The van der Waals surface area contributed by atoms with Gasteiger partial charge in [0.15, 0.2) is 5.75 Å². The van der Waals surface area contributed by atoms with E-state index >= 15 is 0 Å². The fourth-order valence-corrected chi connectivity index (χ4v) is 5.59. The first-order valence-electron chi connectivity index (χ1n) is 11.3. The van der Waals surface area contributed by atoms with Gasteiger partial charge < -0.3 is 4.74 Å². The molecule has 11 heteroatoms. The van der Waals surface area contributed by atoms with Crippen molar-refractivity contribution in [1.29, 1.82) is 5.26 Å². The van der Waals surface area contributed by atoms with Gasteiger partial charge in [0.1, 0.15) is 12.7 Å². The zero-order chi connectivity index (χ0) is 26.7. The first kappa shape index (κ1) is 28.6. The molecule has 1 heterocycles. The SMILES string of the molecule is CC(C)(c1ccc(CN2CC(NS(C)(=O)=O)CC(F)(F)C2)cc1)c1cc(Cl)c(OCCCl)c(C#N)c1. The summed E-state index contributed by atoms with van der Waals surface area (Å²) in [6, 6.07) is 12.4. The number of hydrogen-bond donors (Lipinski definition) is 1. The van der Waals surface area contributed by atoms with E-state index in [4.69, 9.17) is 27.9 Å². The molecule has 36 heavy (non-hydrogen) atoms. The summed E-state index contributed by atoms with van der Waals surface area (Å²) in [5.41, 5.74) is 2.39. The number of hydrogen-bond acceptors (Lipinski definition) is 5. The van der Waals surface area contributed by atoms with Crippen LogP contribution in [0.15, 0.2) is 36.4 Å². The highest BCUT2D eigenvalue weighted by Crippen LogP contribution is 2.38. The third-order valence-corrected chi connectivity index (χ3v) is 7.35. The molecule has 1 aliphatic rings. The summed E-state index contributed by atoms with van der Waals surface area (Å²) in [7, 11) is -3.59. The van der Waals surface area contributed by atoms with Crippen molar-refractivity contribution in [3.8, 4) is 11.8 Å². The maximum atomic E-state index is 14.3. The number of likely N-dealkylation sites (tertiary alicyclic amines) is 1. The molecule has 1 fully saturated rings. The molecule has 0 bridgehead atoms. The summed E-state index contributed by atoms with van der Waals surface area (Å²) >= 11 is 12.1. The molecule has 2 aromatic carbocycles. The molecule has 0 saturated carbocycles. The number of sulfonamides is 1. The monoisotopic (exact) mass is 559 g/mol. The fraction of sp³-hybridized carbons (Fsp3) is 0.480. The number of nitriles is 1. The summed E-state index contributed by atoms with van der Waals surface area (Å²) in [6.07, 6.45) is 0.449. The van der Waals surface area contributed by atoms with Gasteiger partial charge in [0.2, 0.25) is 10.0 Å².